The van der Waals surface area contributed by atoms with Crippen molar-refractivity contribution in [1.82, 2.24) is 25.1 Å². The van der Waals surface area contributed by atoms with E-state index < -0.39 is 0 Å². The molecule has 0 spiro atoms. The van der Waals surface area contributed by atoms with Crippen LogP contribution in [-0.2, 0) is 0 Å². The fraction of sp³-hybridized carbons (Fsp3) is 0. The highest BCUT2D eigenvalue weighted by molar-refractivity contribution is 5.88. The number of aromatic nitrogens is 5. The summed E-state index contributed by atoms with van der Waals surface area (Å²) in [5.41, 5.74) is 8.39. The SMILES string of the molecule is C=Cc1cc[nH]c1-c1ccoc1-c1ccc2c(-c3occc3-c3[nH]ccc3C=C)nnc-2cn1. The normalized spacial score (nSPS) is 11.2. The van der Waals surface area contributed by atoms with Crippen LogP contribution in [0.2, 0.25) is 0 Å². The average Bonchev–Trinajstić information content (AvgIpc) is 3.67. The summed E-state index contributed by atoms with van der Waals surface area (Å²) in [5, 5.41) is 8.75. The lowest BCUT2D eigenvalue weighted by molar-refractivity contribution is 0.580. The van der Waals surface area contributed by atoms with E-state index >= 15 is 0 Å². The lowest BCUT2D eigenvalue weighted by Crippen LogP contribution is -1.84. The Morgan fingerprint density at radius 1 is 0.676 bits per heavy atom. The van der Waals surface area contributed by atoms with E-state index in [9.17, 15) is 0 Å². The lowest BCUT2D eigenvalue weighted by atomic mass is 10.0. The monoisotopic (exact) mass is 445 g/mol. The molecule has 4 aromatic rings. The quantitative estimate of drug-likeness (QED) is 0.295. The molecule has 7 heteroatoms. The first-order valence-electron chi connectivity index (χ1n) is 10.7. The Morgan fingerprint density at radius 3 is 2.00 bits per heavy atom. The Morgan fingerprint density at radius 2 is 1.32 bits per heavy atom. The van der Waals surface area contributed by atoms with E-state index in [4.69, 9.17) is 8.83 Å². The van der Waals surface area contributed by atoms with Gasteiger partial charge in [0.2, 0.25) is 0 Å². The number of nitrogens with one attached hydrogen (secondary N) is 2. The molecular weight excluding hydrogens is 426 g/mol. The van der Waals surface area contributed by atoms with Gasteiger partial charge < -0.3 is 18.8 Å². The Labute approximate surface area is 194 Å². The summed E-state index contributed by atoms with van der Waals surface area (Å²) >= 11 is 0. The minimum atomic E-state index is 0.626. The van der Waals surface area contributed by atoms with Gasteiger partial charge in [-0.05, 0) is 47.5 Å². The van der Waals surface area contributed by atoms with Crippen LogP contribution in [-0.4, -0.2) is 25.1 Å². The summed E-state index contributed by atoms with van der Waals surface area (Å²) in [7, 11) is 0. The third kappa shape index (κ3) is 3.02. The van der Waals surface area contributed by atoms with Gasteiger partial charge in [0.1, 0.15) is 17.1 Å². The highest BCUT2D eigenvalue weighted by atomic mass is 16.3. The Kier molecular flexibility index (Phi) is 4.59. The molecule has 0 aliphatic carbocycles. The number of rotatable bonds is 6. The van der Waals surface area contributed by atoms with Crippen molar-refractivity contribution in [2.45, 2.75) is 0 Å². The van der Waals surface area contributed by atoms with Crippen LogP contribution in [0.25, 0.3) is 68.8 Å². The number of hydrogen-bond acceptors (Lipinski definition) is 5. The van der Waals surface area contributed by atoms with Gasteiger partial charge in [0.05, 0.1) is 30.1 Å². The smallest absolute Gasteiger partial charge is 0.164 e. The molecule has 34 heavy (non-hydrogen) atoms. The third-order valence-corrected chi connectivity index (χ3v) is 5.84. The lowest BCUT2D eigenvalue weighted by Gasteiger charge is -2.01. The van der Waals surface area contributed by atoms with Gasteiger partial charge in [0, 0.05) is 29.1 Å². The van der Waals surface area contributed by atoms with Crippen molar-refractivity contribution in [2.75, 3.05) is 0 Å². The fourth-order valence-corrected chi connectivity index (χ4v) is 4.19. The molecule has 2 N–H and O–H groups in total. The summed E-state index contributed by atoms with van der Waals surface area (Å²) in [4.78, 5) is 11.2. The highest BCUT2D eigenvalue weighted by Gasteiger charge is 2.23. The zero-order chi connectivity index (χ0) is 23.1. The maximum absolute atomic E-state index is 5.86. The standard InChI is InChI=1S/C27H19N5O2/c1-3-16-7-11-28-23(16)19-9-13-33-26(19)21-6-5-18-22(15-30-21)31-32-25(18)27-20(10-14-34-27)24-17(4-2)8-12-29-24/h3-15,28-29H,1-2H2. The average molecular weight is 445 g/mol. The van der Waals surface area contributed by atoms with Crippen LogP contribution in [0.15, 0.2) is 89.5 Å². The van der Waals surface area contributed by atoms with Gasteiger partial charge in [-0.2, -0.15) is 0 Å². The topological polar surface area (TPSA) is 96.5 Å². The molecule has 0 bridgehead atoms. The summed E-state index contributed by atoms with van der Waals surface area (Å²) < 4.78 is 11.7. The Hall–Kier alpha value is -4.91. The van der Waals surface area contributed by atoms with Gasteiger partial charge in [0.15, 0.2) is 11.5 Å². The summed E-state index contributed by atoms with van der Waals surface area (Å²) in [5.74, 6) is 1.28. The number of aromatic amines is 2. The van der Waals surface area contributed by atoms with Gasteiger partial charge in [-0.25, -0.2) is 0 Å². The minimum absolute atomic E-state index is 0.626. The number of H-pyrrole nitrogens is 2. The van der Waals surface area contributed by atoms with Crippen LogP contribution < -0.4 is 0 Å². The maximum Gasteiger partial charge on any atom is 0.164 e. The molecule has 6 heterocycles. The molecule has 0 saturated heterocycles. The molecule has 7 nitrogen and oxygen atoms in total. The van der Waals surface area contributed by atoms with Crippen molar-refractivity contribution in [3.8, 4) is 56.7 Å². The maximum atomic E-state index is 5.86. The molecule has 164 valence electrons. The largest absolute Gasteiger partial charge is 0.462 e. The first-order valence-corrected chi connectivity index (χ1v) is 10.7. The van der Waals surface area contributed by atoms with Crippen LogP contribution in [0.4, 0.5) is 0 Å². The number of fused-ring (bicyclic) bond motifs is 1. The fourth-order valence-electron chi connectivity index (χ4n) is 4.19. The summed E-state index contributed by atoms with van der Waals surface area (Å²) in [6.07, 6.45) is 12.4. The van der Waals surface area contributed by atoms with Crippen molar-refractivity contribution in [2.24, 2.45) is 0 Å². The van der Waals surface area contributed by atoms with Gasteiger partial charge in [-0.3, -0.25) is 4.98 Å². The van der Waals surface area contributed by atoms with E-state index in [1.54, 1.807) is 30.9 Å². The van der Waals surface area contributed by atoms with E-state index in [0.29, 0.717) is 28.6 Å². The van der Waals surface area contributed by atoms with Crippen molar-refractivity contribution in [3.05, 3.63) is 91.8 Å². The highest BCUT2D eigenvalue weighted by Crippen LogP contribution is 2.39. The molecule has 2 aliphatic rings. The summed E-state index contributed by atoms with van der Waals surface area (Å²) in [6.45, 7) is 7.78. The molecular formula is C27H19N5O2. The molecule has 6 rings (SSSR count). The minimum Gasteiger partial charge on any atom is -0.462 e. The van der Waals surface area contributed by atoms with Gasteiger partial charge in [-0.15, -0.1) is 10.2 Å². The van der Waals surface area contributed by atoms with E-state index in [2.05, 4.69) is 38.3 Å². The second-order valence-corrected chi connectivity index (χ2v) is 7.68. The Bertz CT molecular complexity index is 1610. The number of furan rings is 2. The molecule has 0 atom stereocenters. The molecule has 0 unspecified atom stereocenters. The zero-order valence-corrected chi connectivity index (χ0v) is 18.1. The Balaban J connectivity index is 1.46. The summed E-state index contributed by atoms with van der Waals surface area (Å²) in [6, 6.07) is 11.6. The van der Waals surface area contributed by atoms with E-state index in [-0.39, 0.29) is 0 Å². The van der Waals surface area contributed by atoms with Crippen molar-refractivity contribution in [1.29, 1.82) is 0 Å². The first kappa shape index (κ1) is 19.8. The van der Waals surface area contributed by atoms with E-state index in [0.717, 1.165) is 39.2 Å². The van der Waals surface area contributed by atoms with Crippen molar-refractivity contribution < 1.29 is 8.83 Å². The molecule has 0 amide bonds. The molecule has 4 aromatic heterocycles. The first-order chi connectivity index (χ1) is 16.8. The van der Waals surface area contributed by atoms with E-state index in [1.807, 2.05) is 48.8 Å². The van der Waals surface area contributed by atoms with Crippen LogP contribution in [0.5, 0.6) is 0 Å². The van der Waals surface area contributed by atoms with Crippen molar-refractivity contribution in [3.63, 3.8) is 0 Å². The van der Waals surface area contributed by atoms with Gasteiger partial charge in [0.25, 0.3) is 0 Å². The van der Waals surface area contributed by atoms with Crippen LogP contribution in [0.1, 0.15) is 11.1 Å². The predicted molar refractivity (Wildman–Crippen MR) is 132 cm³/mol. The second kappa shape index (κ2) is 7.90. The number of hydrogen-bond donors (Lipinski definition) is 2. The molecule has 0 radical (unpaired) electrons. The van der Waals surface area contributed by atoms with Gasteiger partial charge in [-0.1, -0.05) is 25.3 Å². The molecule has 2 aliphatic heterocycles. The van der Waals surface area contributed by atoms with Crippen LogP contribution in [0, 0.1) is 0 Å². The van der Waals surface area contributed by atoms with E-state index in [1.165, 1.54) is 0 Å². The molecule has 0 saturated carbocycles. The molecule has 0 aromatic carbocycles. The van der Waals surface area contributed by atoms with Crippen LogP contribution in [0.3, 0.4) is 0 Å². The zero-order valence-electron chi connectivity index (χ0n) is 18.1. The molecule has 0 fully saturated rings. The third-order valence-electron chi connectivity index (χ3n) is 5.84. The van der Waals surface area contributed by atoms with Crippen molar-refractivity contribution >= 4 is 12.2 Å². The van der Waals surface area contributed by atoms with Crippen LogP contribution >= 0.6 is 0 Å². The number of nitrogens with zero attached hydrogens (tertiary/aromatic N) is 3. The second-order valence-electron chi connectivity index (χ2n) is 7.68. The van der Waals surface area contributed by atoms with Gasteiger partial charge >= 0.3 is 0 Å². The predicted octanol–water partition coefficient (Wildman–Crippen LogP) is 6.77.